The summed E-state index contributed by atoms with van der Waals surface area (Å²) in [6, 6.07) is 20.7. The molecule has 0 spiro atoms. The van der Waals surface area contributed by atoms with E-state index < -0.39 is 0 Å². The molecule has 2 heteroatoms. The molecule has 0 saturated carbocycles. The van der Waals surface area contributed by atoms with Crippen molar-refractivity contribution < 1.29 is 0 Å². The molecular formula is C42H40N2. The number of anilines is 1. The third kappa shape index (κ3) is 4.14. The molecule has 44 heavy (non-hydrogen) atoms. The Morgan fingerprint density at radius 2 is 1.61 bits per heavy atom. The van der Waals surface area contributed by atoms with E-state index in [-0.39, 0.29) is 0 Å². The Labute approximate surface area is 261 Å². The van der Waals surface area contributed by atoms with Gasteiger partial charge >= 0.3 is 0 Å². The van der Waals surface area contributed by atoms with Gasteiger partial charge < -0.3 is 9.47 Å². The van der Waals surface area contributed by atoms with Crippen LogP contribution >= 0.6 is 0 Å². The summed E-state index contributed by atoms with van der Waals surface area (Å²) in [6.07, 6.45) is 35.3. The number of allylic oxidation sites excluding steroid dienone is 10. The fourth-order valence-corrected chi connectivity index (χ4v) is 8.76. The second-order valence-electron chi connectivity index (χ2n) is 13.2. The van der Waals surface area contributed by atoms with Crippen molar-refractivity contribution in [1.82, 2.24) is 4.57 Å². The Hall–Kier alpha value is -4.30. The summed E-state index contributed by atoms with van der Waals surface area (Å²) in [5, 5.41) is 2.92. The maximum atomic E-state index is 2.71. The van der Waals surface area contributed by atoms with E-state index in [1.165, 1.54) is 81.2 Å². The van der Waals surface area contributed by atoms with Crippen molar-refractivity contribution in [3.05, 3.63) is 147 Å². The molecule has 9 rings (SSSR count). The highest BCUT2D eigenvalue weighted by molar-refractivity contribution is 5.92. The second kappa shape index (κ2) is 10.7. The van der Waals surface area contributed by atoms with Crippen molar-refractivity contribution in [3.63, 3.8) is 0 Å². The molecule has 0 amide bonds. The van der Waals surface area contributed by atoms with Crippen molar-refractivity contribution >= 4 is 29.0 Å². The van der Waals surface area contributed by atoms with Gasteiger partial charge in [0.1, 0.15) is 0 Å². The maximum absolute atomic E-state index is 2.71. The van der Waals surface area contributed by atoms with E-state index in [1.54, 1.807) is 5.57 Å². The first-order valence-corrected chi connectivity index (χ1v) is 16.9. The third-order valence-corrected chi connectivity index (χ3v) is 10.8. The number of aromatic nitrogens is 1. The third-order valence-electron chi connectivity index (χ3n) is 10.8. The molecule has 3 aromatic rings. The lowest BCUT2D eigenvalue weighted by Gasteiger charge is -2.32. The summed E-state index contributed by atoms with van der Waals surface area (Å²) in [4.78, 5) is 2.66. The van der Waals surface area contributed by atoms with Crippen LogP contribution in [0.5, 0.6) is 0 Å². The molecule has 3 unspecified atom stereocenters. The van der Waals surface area contributed by atoms with E-state index in [2.05, 4.69) is 125 Å². The van der Waals surface area contributed by atoms with Gasteiger partial charge in [0, 0.05) is 44.7 Å². The van der Waals surface area contributed by atoms with Crippen molar-refractivity contribution in [3.8, 4) is 0 Å². The van der Waals surface area contributed by atoms with Gasteiger partial charge in [-0.2, -0.15) is 0 Å². The number of fused-ring (bicyclic) bond motifs is 6. The fraction of sp³-hybridized carbons (Fsp3) is 0.286. The first kappa shape index (κ1) is 26.1. The van der Waals surface area contributed by atoms with E-state index in [4.69, 9.17) is 0 Å². The number of nitrogens with zero attached hydrogens (tertiary/aromatic N) is 2. The quantitative estimate of drug-likeness (QED) is 0.284. The van der Waals surface area contributed by atoms with Crippen molar-refractivity contribution in [2.24, 2.45) is 5.92 Å². The van der Waals surface area contributed by atoms with Crippen LogP contribution in [0.1, 0.15) is 79.8 Å². The zero-order valence-corrected chi connectivity index (χ0v) is 25.5. The number of hydrogen-bond donors (Lipinski definition) is 0. The predicted octanol–water partition coefficient (Wildman–Crippen LogP) is 8.56. The van der Waals surface area contributed by atoms with Crippen LogP contribution in [0, 0.1) is 5.92 Å². The van der Waals surface area contributed by atoms with Gasteiger partial charge in [0.15, 0.2) is 0 Å². The van der Waals surface area contributed by atoms with Crippen LogP contribution in [0.25, 0.3) is 23.3 Å². The Kier molecular flexibility index (Phi) is 6.35. The fourth-order valence-electron chi connectivity index (χ4n) is 8.76. The molecule has 1 aliphatic heterocycles. The van der Waals surface area contributed by atoms with Crippen LogP contribution in [0.2, 0.25) is 0 Å². The molecule has 0 radical (unpaired) electrons. The molecule has 0 saturated heterocycles. The molecule has 0 N–H and O–H groups in total. The van der Waals surface area contributed by atoms with Crippen LogP contribution < -0.4 is 15.5 Å². The Bertz CT molecular complexity index is 1950. The smallest absolute Gasteiger partial charge is 0.0640 e. The molecule has 2 heterocycles. The van der Waals surface area contributed by atoms with E-state index in [9.17, 15) is 0 Å². The summed E-state index contributed by atoms with van der Waals surface area (Å²) >= 11 is 0. The highest BCUT2D eigenvalue weighted by atomic mass is 15.2. The molecule has 0 bridgehead atoms. The SMILES string of the molecule is C1=Cc2c(n(C3C=CC(c4ccccc4)=CC3)c3c2=C2c4ccccc4N(C4=CCC(C5=CCCCC5)C=C4)C2CC=3)CC1. The first-order chi connectivity index (χ1) is 21.8. The predicted molar refractivity (Wildman–Crippen MR) is 184 cm³/mol. The molecule has 6 aliphatic rings. The number of benzene rings is 2. The zero-order chi connectivity index (χ0) is 29.0. The van der Waals surface area contributed by atoms with Crippen molar-refractivity contribution in [1.29, 1.82) is 0 Å². The van der Waals surface area contributed by atoms with E-state index in [0.717, 1.165) is 32.1 Å². The first-order valence-electron chi connectivity index (χ1n) is 16.9. The highest BCUT2D eigenvalue weighted by Crippen LogP contribution is 2.45. The summed E-state index contributed by atoms with van der Waals surface area (Å²) in [5.74, 6) is 0.580. The topological polar surface area (TPSA) is 8.17 Å². The number of rotatable bonds is 4. The van der Waals surface area contributed by atoms with Gasteiger partial charge in [0.2, 0.25) is 0 Å². The Balaban J connectivity index is 1.14. The van der Waals surface area contributed by atoms with Gasteiger partial charge in [-0.25, -0.2) is 0 Å². The van der Waals surface area contributed by atoms with Gasteiger partial charge in [-0.15, -0.1) is 0 Å². The van der Waals surface area contributed by atoms with Crippen LogP contribution in [-0.2, 0) is 6.42 Å². The van der Waals surface area contributed by atoms with Crippen LogP contribution in [0.15, 0.2) is 114 Å². The van der Waals surface area contributed by atoms with Crippen LogP contribution in [0.4, 0.5) is 5.69 Å². The highest BCUT2D eigenvalue weighted by Gasteiger charge is 2.39. The maximum Gasteiger partial charge on any atom is 0.0640 e. The van der Waals surface area contributed by atoms with Gasteiger partial charge in [0.25, 0.3) is 0 Å². The molecule has 3 atom stereocenters. The summed E-state index contributed by atoms with van der Waals surface area (Å²) in [6.45, 7) is 0. The minimum Gasteiger partial charge on any atom is -0.337 e. The van der Waals surface area contributed by atoms with Gasteiger partial charge in [-0.05, 0) is 86.6 Å². The largest absolute Gasteiger partial charge is 0.337 e. The van der Waals surface area contributed by atoms with Crippen molar-refractivity contribution in [2.45, 2.75) is 69.9 Å². The summed E-state index contributed by atoms with van der Waals surface area (Å²) in [5.41, 5.74) is 13.0. The standard InChI is InChI=1S/C42H40N2/c1-3-11-29(12-4-1)31-19-23-33(24-20-31)43-37-17-9-7-15-35(37)41-39(43)27-28-40-42(41)36-16-8-10-18-38(36)44(40)34-25-21-32(22-26-34)30-13-5-2-6-14-30/h1,3-4,7-8,10-13,15-16,18-21,23,25-27,32-33,40H,2,5-6,9,14,17,22,24,28H2. The average molecular weight is 573 g/mol. The van der Waals surface area contributed by atoms with Crippen LogP contribution in [0.3, 0.4) is 0 Å². The lowest BCUT2D eigenvalue weighted by Crippen LogP contribution is -2.42. The minimum absolute atomic E-state index is 0.336. The Morgan fingerprint density at radius 1 is 0.705 bits per heavy atom. The van der Waals surface area contributed by atoms with Gasteiger partial charge in [-0.3, -0.25) is 0 Å². The van der Waals surface area contributed by atoms with Crippen LogP contribution in [-0.4, -0.2) is 10.6 Å². The molecule has 2 aromatic carbocycles. The van der Waals surface area contributed by atoms with E-state index >= 15 is 0 Å². The molecule has 0 fully saturated rings. The lowest BCUT2D eigenvalue weighted by molar-refractivity contribution is 0.566. The lowest BCUT2D eigenvalue weighted by atomic mass is 9.84. The molecule has 2 nitrogen and oxygen atoms in total. The van der Waals surface area contributed by atoms with Gasteiger partial charge in [-0.1, -0.05) is 109 Å². The molecule has 218 valence electrons. The average Bonchev–Trinajstić information content (AvgIpc) is 3.62. The normalized spacial score (nSPS) is 24.9. The second-order valence-corrected chi connectivity index (χ2v) is 13.2. The molecular weight excluding hydrogens is 532 g/mol. The number of hydrogen-bond acceptors (Lipinski definition) is 1. The zero-order valence-electron chi connectivity index (χ0n) is 25.5. The molecule has 5 aliphatic carbocycles. The minimum atomic E-state index is 0.336. The van der Waals surface area contributed by atoms with Crippen molar-refractivity contribution in [2.75, 3.05) is 4.90 Å². The van der Waals surface area contributed by atoms with Gasteiger partial charge in [0.05, 0.1) is 12.1 Å². The number of para-hydroxylation sites is 1. The Morgan fingerprint density at radius 3 is 2.43 bits per heavy atom. The summed E-state index contributed by atoms with van der Waals surface area (Å²) < 4.78 is 2.71. The summed E-state index contributed by atoms with van der Waals surface area (Å²) in [7, 11) is 0. The monoisotopic (exact) mass is 572 g/mol. The van der Waals surface area contributed by atoms with E-state index in [0.29, 0.717) is 18.0 Å². The molecule has 1 aromatic heterocycles. The van der Waals surface area contributed by atoms with E-state index in [1.807, 2.05) is 0 Å².